The largest absolute Gasteiger partial charge is 0.494 e. The lowest BCUT2D eigenvalue weighted by molar-refractivity contribution is -0.111. The first-order valence-corrected chi connectivity index (χ1v) is 14.5. The Bertz CT molecular complexity index is 2030. The van der Waals surface area contributed by atoms with E-state index in [0.717, 1.165) is 35.2 Å². The van der Waals surface area contributed by atoms with E-state index in [1.807, 2.05) is 44.6 Å². The maximum absolute atomic E-state index is 12.5. The van der Waals surface area contributed by atoms with Gasteiger partial charge in [-0.15, -0.1) is 10.2 Å². The second-order valence-electron chi connectivity index (χ2n) is 11.4. The molecule has 0 spiro atoms. The van der Waals surface area contributed by atoms with Gasteiger partial charge in [-0.05, 0) is 30.8 Å². The standard InChI is InChI=1S/C33H33N9O3/c1-7-29(43)35-24-12-25(28(44-6)13-27(24)42(5)31-22-15-40(3)16-23(22)31)36-33-34-14-20(32-39-38-18(2)45-32)30(37-33)21-17-41(4)26-11-9-8-10-19(21)26/h7-14,17,22H,1,15-16H2,2-6H3,(H,35,43)(H,34,36,37)/t22-/m0/s1. The number of ether oxygens (including phenoxy) is 1. The number of likely N-dealkylation sites (N-methyl/N-ethyl adjacent to an activating group) is 1. The van der Waals surface area contributed by atoms with Crippen molar-refractivity contribution in [1.29, 1.82) is 0 Å². The Kier molecular flexibility index (Phi) is 6.85. The predicted molar refractivity (Wildman–Crippen MR) is 173 cm³/mol. The van der Waals surface area contributed by atoms with Gasteiger partial charge in [-0.1, -0.05) is 24.8 Å². The Morgan fingerprint density at radius 3 is 2.71 bits per heavy atom. The molecular weight excluding hydrogens is 570 g/mol. The molecule has 4 heterocycles. The number of nitrogens with one attached hydrogen (secondary N) is 2. The molecule has 0 radical (unpaired) electrons. The average Bonchev–Trinajstić information content (AvgIpc) is 3.34. The van der Waals surface area contributed by atoms with E-state index in [9.17, 15) is 4.79 Å². The number of hydrogen-bond acceptors (Lipinski definition) is 10. The number of nitrogens with zero attached hydrogens (tertiary/aromatic N) is 7. The predicted octanol–water partition coefficient (Wildman–Crippen LogP) is 5.14. The Hall–Kier alpha value is -5.49. The van der Waals surface area contributed by atoms with E-state index in [4.69, 9.17) is 14.1 Å². The molecule has 228 valence electrons. The summed E-state index contributed by atoms with van der Waals surface area (Å²) in [7, 11) is 7.75. The minimum atomic E-state index is -0.317. The summed E-state index contributed by atoms with van der Waals surface area (Å²) < 4.78 is 13.7. The van der Waals surface area contributed by atoms with E-state index in [0.29, 0.717) is 52.0 Å². The molecule has 1 aliphatic heterocycles. The quantitative estimate of drug-likeness (QED) is 0.219. The molecule has 12 nitrogen and oxygen atoms in total. The summed E-state index contributed by atoms with van der Waals surface area (Å²) >= 11 is 0. The molecule has 1 atom stereocenters. The summed E-state index contributed by atoms with van der Waals surface area (Å²) in [6.45, 7) is 7.32. The molecule has 2 aromatic carbocycles. The van der Waals surface area contributed by atoms with E-state index in [1.165, 1.54) is 17.3 Å². The number of hydrogen-bond donors (Lipinski definition) is 2. The van der Waals surface area contributed by atoms with Crippen LogP contribution in [0, 0.1) is 12.8 Å². The number of carbonyl (C=O) groups is 1. The lowest BCUT2D eigenvalue weighted by atomic mass is 10.1. The van der Waals surface area contributed by atoms with Crippen molar-refractivity contribution in [3.8, 4) is 28.5 Å². The second-order valence-corrected chi connectivity index (χ2v) is 11.4. The summed E-state index contributed by atoms with van der Waals surface area (Å²) in [4.78, 5) is 26.5. The van der Waals surface area contributed by atoms with Gasteiger partial charge in [-0.25, -0.2) is 9.97 Å². The minimum Gasteiger partial charge on any atom is -0.494 e. The third kappa shape index (κ3) is 4.98. The molecule has 2 N–H and O–H groups in total. The molecule has 1 aliphatic carbocycles. The first kappa shape index (κ1) is 28.3. The van der Waals surface area contributed by atoms with Crippen LogP contribution in [-0.4, -0.2) is 69.8 Å². The molecule has 1 fully saturated rings. The lowest BCUT2D eigenvalue weighted by Gasteiger charge is -2.24. The first-order chi connectivity index (χ1) is 21.7. The van der Waals surface area contributed by atoms with E-state index < -0.39 is 0 Å². The van der Waals surface area contributed by atoms with Gasteiger partial charge in [0.2, 0.25) is 17.7 Å². The zero-order chi connectivity index (χ0) is 31.4. The van der Waals surface area contributed by atoms with E-state index in [1.54, 1.807) is 20.2 Å². The van der Waals surface area contributed by atoms with Crippen molar-refractivity contribution in [1.82, 2.24) is 29.6 Å². The van der Waals surface area contributed by atoms with Crippen molar-refractivity contribution < 1.29 is 13.9 Å². The van der Waals surface area contributed by atoms with Crippen LogP contribution in [0.3, 0.4) is 0 Å². The van der Waals surface area contributed by atoms with Crippen LogP contribution in [-0.2, 0) is 11.8 Å². The fourth-order valence-corrected chi connectivity index (χ4v) is 6.20. The molecule has 5 aromatic rings. The highest BCUT2D eigenvalue weighted by Gasteiger charge is 2.45. The second kappa shape index (κ2) is 10.9. The molecule has 0 saturated carbocycles. The molecule has 2 aliphatic rings. The van der Waals surface area contributed by atoms with Gasteiger partial charge in [0.1, 0.15) is 5.75 Å². The topological polar surface area (TPSA) is 126 Å². The zero-order valence-electron chi connectivity index (χ0n) is 25.8. The normalized spacial score (nSPS) is 15.7. The van der Waals surface area contributed by atoms with Crippen LogP contribution < -0.4 is 20.3 Å². The highest BCUT2D eigenvalue weighted by atomic mass is 16.5. The fourth-order valence-electron chi connectivity index (χ4n) is 6.20. The fraction of sp³-hybridized carbons (Fsp3) is 0.242. The summed E-state index contributed by atoms with van der Waals surface area (Å²) in [6.07, 6.45) is 4.95. The molecular formula is C33H33N9O3. The van der Waals surface area contributed by atoms with Gasteiger partial charge in [0, 0.05) is 80.6 Å². The van der Waals surface area contributed by atoms with Crippen LogP contribution in [0.1, 0.15) is 5.89 Å². The molecule has 0 unspecified atom stereocenters. The number of methoxy groups -OCH3 is 1. The SMILES string of the molecule is C=CC(=O)Nc1cc(Nc2ncc(-c3nnc(C)o3)c(-c3cn(C)c4ccccc34)n2)c(OC)cc1N(C)C1=C2CN(C)C[C@@H]21. The summed E-state index contributed by atoms with van der Waals surface area (Å²) in [5.41, 5.74) is 7.87. The number of carbonyl (C=O) groups excluding carboxylic acids is 1. The molecule has 1 saturated heterocycles. The number of benzene rings is 2. The average molecular weight is 604 g/mol. The molecule has 0 bridgehead atoms. The maximum Gasteiger partial charge on any atom is 0.251 e. The third-order valence-corrected chi connectivity index (χ3v) is 8.36. The highest BCUT2D eigenvalue weighted by Crippen LogP contribution is 2.50. The van der Waals surface area contributed by atoms with Crippen molar-refractivity contribution in [2.24, 2.45) is 13.0 Å². The van der Waals surface area contributed by atoms with Gasteiger partial charge in [0.15, 0.2) is 0 Å². The number of amides is 1. The minimum absolute atomic E-state index is 0.317. The van der Waals surface area contributed by atoms with Crippen LogP contribution in [0.25, 0.3) is 33.6 Å². The smallest absolute Gasteiger partial charge is 0.251 e. The number of aromatic nitrogens is 5. The number of rotatable bonds is 9. The molecule has 1 amide bonds. The van der Waals surface area contributed by atoms with Crippen molar-refractivity contribution >= 4 is 39.8 Å². The lowest BCUT2D eigenvalue weighted by Crippen LogP contribution is -2.22. The zero-order valence-corrected chi connectivity index (χ0v) is 25.8. The van der Waals surface area contributed by atoms with E-state index in [-0.39, 0.29) is 5.91 Å². The Morgan fingerprint density at radius 1 is 1.18 bits per heavy atom. The van der Waals surface area contributed by atoms with E-state index in [2.05, 4.69) is 65.9 Å². The molecule has 12 heteroatoms. The van der Waals surface area contributed by atoms with Crippen LogP contribution in [0.5, 0.6) is 5.75 Å². The Labute approximate surface area is 260 Å². The monoisotopic (exact) mass is 603 g/mol. The van der Waals surface area contributed by atoms with Crippen molar-refractivity contribution in [2.75, 3.05) is 49.8 Å². The molecule has 45 heavy (non-hydrogen) atoms. The number of anilines is 4. The van der Waals surface area contributed by atoms with Crippen LogP contribution in [0.15, 0.2) is 77.1 Å². The summed E-state index contributed by atoms with van der Waals surface area (Å²) in [5, 5.41) is 15.6. The molecule has 7 rings (SSSR count). The van der Waals surface area contributed by atoms with Crippen LogP contribution >= 0.6 is 0 Å². The maximum atomic E-state index is 12.5. The van der Waals surface area contributed by atoms with Gasteiger partial charge in [-0.2, -0.15) is 0 Å². The van der Waals surface area contributed by atoms with Crippen LogP contribution in [0.4, 0.5) is 23.0 Å². The number of aryl methyl sites for hydroxylation is 2. The Morgan fingerprint density at radius 2 is 2.00 bits per heavy atom. The van der Waals surface area contributed by atoms with Gasteiger partial charge >= 0.3 is 0 Å². The van der Waals surface area contributed by atoms with Crippen molar-refractivity contribution in [3.05, 3.63) is 78.6 Å². The van der Waals surface area contributed by atoms with Gasteiger partial charge in [-0.3, -0.25) is 4.79 Å². The van der Waals surface area contributed by atoms with Gasteiger partial charge in [0.05, 0.1) is 35.4 Å². The number of fused-ring (bicyclic) bond motifs is 2. The van der Waals surface area contributed by atoms with Crippen molar-refractivity contribution in [2.45, 2.75) is 6.92 Å². The van der Waals surface area contributed by atoms with E-state index >= 15 is 0 Å². The highest BCUT2D eigenvalue weighted by molar-refractivity contribution is 6.03. The van der Waals surface area contributed by atoms with Crippen LogP contribution in [0.2, 0.25) is 0 Å². The number of para-hydroxylation sites is 1. The van der Waals surface area contributed by atoms with Gasteiger partial charge < -0.3 is 34.2 Å². The van der Waals surface area contributed by atoms with Crippen molar-refractivity contribution in [3.63, 3.8) is 0 Å². The third-order valence-electron chi connectivity index (χ3n) is 8.36. The molecule has 3 aromatic heterocycles. The van der Waals surface area contributed by atoms with Gasteiger partial charge in [0.25, 0.3) is 5.89 Å². The summed E-state index contributed by atoms with van der Waals surface area (Å²) in [5.74, 6) is 1.78. The Balaban J connectivity index is 1.31. The summed E-state index contributed by atoms with van der Waals surface area (Å²) in [6, 6.07) is 11.9. The first-order valence-electron chi connectivity index (χ1n) is 14.5. The number of likely N-dealkylation sites (tertiary alicyclic amines) is 1.